The first-order valence-corrected chi connectivity index (χ1v) is 10.9. The number of hydrogen-bond acceptors (Lipinski definition) is 6. The van der Waals surface area contributed by atoms with E-state index in [9.17, 15) is 9.18 Å². The fourth-order valence-corrected chi connectivity index (χ4v) is 4.09. The number of aromatic nitrogens is 4. The topological polar surface area (TPSA) is 97.2 Å². The van der Waals surface area contributed by atoms with Crippen molar-refractivity contribution in [3.8, 4) is 11.4 Å². The monoisotopic (exact) mass is 461 g/mol. The largest absolute Gasteiger partial charge is 0.487 e. The molecule has 1 aliphatic rings. The normalized spacial score (nSPS) is 18.2. The Hall–Kier alpha value is -4.05. The molecule has 0 bridgehead atoms. The lowest BCUT2D eigenvalue weighted by molar-refractivity contribution is 0.182. The number of hydrogen-bond donors (Lipinski definition) is 2. The van der Waals surface area contributed by atoms with Crippen molar-refractivity contribution in [3.05, 3.63) is 72.6 Å². The molecular weight excluding hydrogens is 437 g/mol. The van der Waals surface area contributed by atoms with Gasteiger partial charge in [0.15, 0.2) is 0 Å². The zero-order valence-electron chi connectivity index (χ0n) is 18.8. The molecule has 2 atom stereocenters. The molecule has 9 nitrogen and oxygen atoms in total. The molecule has 1 aromatic carbocycles. The Morgan fingerprint density at radius 2 is 1.94 bits per heavy atom. The van der Waals surface area contributed by atoms with Crippen molar-refractivity contribution in [1.29, 1.82) is 0 Å². The molecular formula is C24H24FN7O2. The number of carbonyl (C=O) groups excluding carboxylic acids is 1. The van der Waals surface area contributed by atoms with E-state index in [0.29, 0.717) is 24.7 Å². The number of likely N-dealkylation sites (tertiary alicyclic amines) is 1. The van der Waals surface area contributed by atoms with Gasteiger partial charge in [-0.1, -0.05) is 0 Å². The lowest BCUT2D eigenvalue weighted by Gasteiger charge is -2.21. The summed E-state index contributed by atoms with van der Waals surface area (Å²) in [6.07, 6.45) is 4.88. The summed E-state index contributed by atoms with van der Waals surface area (Å²) in [5.41, 5.74) is 2.60. The Morgan fingerprint density at radius 3 is 2.74 bits per heavy atom. The molecule has 0 saturated carbocycles. The van der Waals surface area contributed by atoms with Gasteiger partial charge in [0, 0.05) is 30.4 Å². The van der Waals surface area contributed by atoms with E-state index in [4.69, 9.17) is 4.74 Å². The number of fused-ring (bicyclic) bond motifs is 1. The third-order valence-electron chi connectivity index (χ3n) is 5.69. The Morgan fingerprint density at radius 1 is 1.12 bits per heavy atom. The van der Waals surface area contributed by atoms with Crippen molar-refractivity contribution < 1.29 is 13.9 Å². The van der Waals surface area contributed by atoms with Crippen molar-refractivity contribution in [2.24, 2.45) is 0 Å². The molecule has 2 N–H and O–H groups in total. The number of nitrogens with zero attached hydrogens (tertiary/aromatic N) is 5. The molecule has 2 amide bonds. The van der Waals surface area contributed by atoms with Crippen LogP contribution in [0.2, 0.25) is 0 Å². The van der Waals surface area contributed by atoms with Crippen LogP contribution in [0.3, 0.4) is 0 Å². The van der Waals surface area contributed by atoms with Gasteiger partial charge in [-0.15, -0.1) is 0 Å². The average molecular weight is 462 g/mol. The second kappa shape index (κ2) is 9.06. The molecule has 1 fully saturated rings. The van der Waals surface area contributed by atoms with E-state index in [-0.39, 0.29) is 24.0 Å². The fourth-order valence-electron chi connectivity index (χ4n) is 4.09. The van der Waals surface area contributed by atoms with Crippen molar-refractivity contribution in [2.75, 3.05) is 25.5 Å². The van der Waals surface area contributed by atoms with Crippen LogP contribution in [0.5, 0.6) is 5.75 Å². The molecule has 10 heteroatoms. The lowest BCUT2D eigenvalue weighted by Crippen LogP contribution is -2.46. The van der Waals surface area contributed by atoms with Gasteiger partial charge in [0.2, 0.25) is 0 Å². The molecule has 4 heterocycles. The van der Waals surface area contributed by atoms with Crippen LogP contribution in [-0.2, 0) is 0 Å². The third-order valence-corrected chi connectivity index (χ3v) is 5.69. The maximum atomic E-state index is 13.2. The molecule has 1 saturated heterocycles. The van der Waals surface area contributed by atoms with Crippen molar-refractivity contribution >= 4 is 22.8 Å². The van der Waals surface area contributed by atoms with Gasteiger partial charge >= 0.3 is 6.03 Å². The number of likely N-dealkylation sites (N-methyl/N-ethyl adjacent to an activating group) is 1. The SMILES string of the molecule is Cc1cc(-n2ncc3cc(NC(=O)N[C@H]4CN(C)C[C@@H]4Oc4ccc(F)cc4)ncc32)ccn1. The highest BCUT2D eigenvalue weighted by Crippen LogP contribution is 2.21. The highest BCUT2D eigenvalue weighted by molar-refractivity contribution is 5.91. The number of aryl methyl sites for hydroxylation is 1. The summed E-state index contributed by atoms with van der Waals surface area (Å²) >= 11 is 0. The first-order valence-electron chi connectivity index (χ1n) is 10.9. The number of ether oxygens (including phenoxy) is 1. The van der Waals surface area contributed by atoms with E-state index >= 15 is 0 Å². The van der Waals surface area contributed by atoms with Gasteiger partial charge in [0.25, 0.3) is 0 Å². The Kier molecular flexibility index (Phi) is 5.81. The van der Waals surface area contributed by atoms with Crippen LogP contribution in [-0.4, -0.2) is 63.0 Å². The van der Waals surface area contributed by atoms with Crippen LogP contribution in [0.25, 0.3) is 16.6 Å². The molecule has 0 unspecified atom stereocenters. The van der Waals surface area contributed by atoms with Crippen LogP contribution < -0.4 is 15.4 Å². The van der Waals surface area contributed by atoms with E-state index in [2.05, 4.69) is 30.6 Å². The molecule has 0 radical (unpaired) electrons. The summed E-state index contributed by atoms with van der Waals surface area (Å²) < 4.78 is 21.0. The minimum absolute atomic E-state index is 0.239. The second-order valence-corrected chi connectivity index (χ2v) is 8.38. The van der Waals surface area contributed by atoms with E-state index in [1.807, 2.05) is 26.1 Å². The third kappa shape index (κ3) is 4.67. The first-order chi connectivity index (χ1) is 16.4. The molecule has 174 valence electrons. The van der Waals surface area contributed by atoms with Crippen molar-refractivity contribution in [1.82, 2.24) is 30.0 Å². The fraction of sp³-hybridized carbons (Fsp3) is 0.250. The first kappa shape index (κ1) is 21.8. The zero-order valence-corrected chi connectivity index (χ0v) is 18.8. The summed E-state index contributed by atoms with van der Waals surface area (Å²) in [5.74, 6) is 0.649. The molecule has 34 heavy (non-hydrogen) atoms. The number of nitrogens with one attached hydrogen (secondary N) is 2. The van der Waals surface area contributed by atoms with Crippen molar-refractivity contribution in [3.63, 3.8) is 0 Å². The van der Waals surface area contributed by atoms with E-state index in [1.165, 1.54) is 12.1 Å². The van der Waals surface area contributed by atoms with Crippen LogP contribution in [0.1, 0.15) is 5.69 Å². The predicted octanol–water partition coefficient (Wildman–Crippen LogP) is 3.15. The highest BCUT2D eigenvalue weighted by Gasteiger charge is 2.34. The average Bonchev–Trinajstić information content (AvgIpc) is 3.37. The summed E-state index contributed by atoms with van der Waals surface area (Å²) in [7, 11) is 1.96. The minimum Gasteiger partial charge on any atom is -0.487 e. The number of pyridine rings is 2. The molecule has 3 aromatic heterocycles. The van der Waals surface area contributed by atoms with E-state index in [1.54, 1.807) is 41.5 Å². The maximum Gasteiger partial charge on any atom is 0.320 e. The summed E-state index contributed by atoms with van der Waals surface area (Å²) in [5, 5.41) is 11.1. The van der Waals surface area contributed by atoms with Gasteiger partial charge in [-0.3, -0.25) is 10.3 Å². The lowest BCUT2D eigenvalue weighted by atomic mass is 10.2. The zero-order chi connectivity index (χ0) is 23.7. The summed E-state index contributed by atoms with van der Waals surface area (Å²) in [6, 6.07) is 10.8. The molecule has 5 rings (SSSR count). The predicted molar refractivity (Wildman–Crippen MR) is 126 cm³/mol. The Bertz CT molecular complexity index is 1320. The minimum atomic E-state index is -0.378. The van der Waals surface area contributed by atoms with Gasteiger partial charge in [-0.25, -0.2) is 18.9 Å². The van der Waals surface area contributed by atoms with Crippen LogP contribution in [0.4, 0.5) is 15.0 Å². The summed E-state index contributed by atoms with van der Waals surface area (Å²) in [6.45, 7) is 3.19. The molecule has 4 aromatic rings. The smallest absolute Gasteiger partial charge is 0.320 e. The number of urea groups is 1. The van der Waals surface area contributed by atoms with E-state index < -0.39 is 0 Å². The number of halogens is 1. The van der Waals surface area contributed by atoms with Gasteiger partial charge in [0.1, 0.15) is 23.5 Å². The molecule has 0 aliphatic carbocycles. The summed E-state index contributed by atoms with van der Waals surface area (Å²) in [4.78, 5) is 23.4. The van der Waals surface area contributed by atoms with E-state index in [0.717, 1.165) is 22.3 Å². The molecule has 0 spiro atoms. The standard InChI is InChI=1S/C24H24FN7O2/c1-15-9-18(7-8-26-15)32-21-12-27-23(10-16(21)11-28-32)30-24(33)29-20-13-31(2)14-22(20)34-19-5-3-17(25)4-6-19/h3-12,20,22H,13-14H2,1-2H3,(H2,27,29,30,33)/t20-,22-/m0/s1. The van der Waals surface area contributed by atoms with Crippen LogP contribution in [0, 0.1) is 12.7 Å². The van der Waals surface area contributed by atoms with Gasteiger partial charge in [0.05, 0.1) is 29.6 Å². The highest BCUT2D eigenvalue weighted by atomic mass is 19.1. The second-order valence-electron chi connectivity index (χ2n) is 8.38. The maximum absolute atomic E-state index is 13.2. The number of carbonyl (C=O) groups is 1. The Labute approximate surface area is 195 Å². The van der Waals surface area contributed by atoms with Crippen LogP contribution >= 0.6 is 0 Å². The van der Waals surface area contributed by atoms with Gasteiger partial charge in [-0.2, -0.15) is 5.10 Å². The number of rotatable bonds is 5. The number of benzene rings is 1. The van der Waals surface area contributed by atoms with Crippen LogP contribution in [0.15, 0.2) is 61.1 Å². The number of amides is 2. The molecule has 1 aliphatic heterocycles. The number of anilines is 1. The quantitative estimate of drug-likeness (QED) is 0.474. The van der Waals surface area contributed by atoms with Gasteiger partial charge < -0.3 is 15.0 Å². The Balaban J connectivity index is 1.26. The van der Waals surface area contributed by atoms with Crippen molar-refractivity contribution in [2.45, 2.75) is 19.1 Å². The van der Waals surface area contributed by atoms with Gasteiger partial charge in [-0.05, 0) is 56.4 Å².